The molecule has 0 aliphatic carbocycles. The summed E-state index contributed by atoms with van der Waals surface area (Å²) in [5.74, 6) is 0.947. The van der Waals surface area contributed by atoms with E-state index in [1.165, 1.54) is 0 Å². The van der Waals surface area contributed by atoms with Gasteiger partial charge in [0.15, 0.2) is 0 Å². The second-order valence-corrected chi connectivity index (χ2v) is 4.55. The van der Waals surface area contributed by atoms with Crippen molar-refractivity contribution in [1.29, 1.82) is 0 Å². The van der Waals surface area contributed by atoms with Crippen LogP contribution in [0, 0.1) is 0 Å². The molecule has 5 heteroatoms. The number of rotatable bonds is 3. The topological polar surface area (TPSA) is 69.6 Å². The summed E-state index contributed by atoms with van der Waals surface area (Å²) in [6, 6.07) is 7.59. The van der Waals surface area contributed by atoms with Crippen LogP contribution in [-0.4, -0.2) is 19.5 Å². The van der Waals surface area contributed by atoms with E-state index in [2.05, 4.69) is 15.0 Å². The first kappa shape index (κ1) is 11.8. The molecule has 2 N–H and O–H groups in total. The summed E-state index contributed by atoms with van der Waals surface area (Å²) in [5.41, 5.74) is 8.74. The first-order chi connectivity index (χ1) is 9.24. The number of imidazole rings is 1. The maximum absolute atomic E-state index is 6.19. The fourth-order valence-corrected chi connectivity index (χ4v) is 2.04. The lowest BCUT2D eigenvalue weighted by molar-refractivity contribution is 0.643. The summed E-state index contributed by atoms with van der Waals surface area (Å²) in [7, 11) is 1.96. The van der Waals surface area contributed by atoms with Crippen molar-refractivity contribution in [3.63, 3.8) is 0 Å². The number of aryl methyl sites for hydroxylation is 1. The molecule has 5 nitrogen and oxygen atoms in total. The van der Waals surface area contributed by atoms with Gasteiger partial charge in [-0.1, -0.05) is 12.1 Å². The van der Waals surface area contributed by atoms with Gasteiger partial charge in [-0.3, -0.25) is 4.98 Å². The summed E-state index contributed by atoms with van der Waals surface area (Å²) in [6.45, 7) is 0. The van der Waals surface area contributed by atoms with E-state index in [-0.39, 0.29) is 6.04 Å². The maximum atomic E-state index is 6.19. The van der Waals surface area contributed by atoms with Gasteiger partial charge in [0.25, 0.3) is 0 Å². The van der Waals surface area contributed by atoms with Crippen molar-refractivity contribution in [3.05, 3.63) is 54.4 Å². The molecule has 0 saturated carbocycles. The molecule has 3 aromatic rings. The molecule has 0 saturated heterocycles. The highest BCUT2D eigenvalue weighted by Gasteiger charge is 2.12. The smallest absolute Gasteiger partial charge is 0.110 e. The van der Waals surface area contributed by atoms with E-state index in [0.29, 0.717) is 6.42 Å². The second kappa shape index (κ2) is 4.78. The molecule has 0 aliphatic heterocycles. The number of nitrogens with zero attached hydrogens (tertiary/aromatic N) is 4. The SMILES string of the molecule is Cn1ccnc1CC(N)c1cnc2ccccc2n1. The Labute approximate surface area is 111 Å². The van der Waals surface area contributed by atoms with E-state index in [9.17, 15) is 0 Å². The summed E-state index contributed by atoms with van der Waals surface area (Å²) < 4.78 is 1.97. The van der Waals surface area contributed by atoms with Crippen LogP contribution in [0.15, 0.2) is 42.9 Å². The van der Waals surface area contributed by atoms with E-state index in [0.717, 1.165) is 22.6 Å². The summed E-state index contributed by atoms with van der Waals surface area (Å²) in [5, 5.41) is 0. The molecule has 2 heterocycles. The van der Waals surface area contributed by atoms with Gasteiger partial charge in [-0.05, 0) is 12.1 Å². The van der Waals surface area contributed by atoms with Crippen LogP contribution in [-0.2, 0) is 13.5 Å². The fourth-order valence-electron chi connectivity index (χ4n) is 2.04. The number of aromatic nitrogens is 4. The van der Waals surface area contributed by atoms with Crippen molar-refractivity contribution in [2.75, 3.05) is 0 Å². The highest BCUT2D eigenvalue weighted by Crippen LogP contribution is 2.15. The molecule has 96 valence electrons. The molecule has 0 amide bonds. The van der Waals surface area contributed by atoms with E-state index in [4.69, 9.17) is 5.73 Å². The standard InChI is InChI=1S/C14H15N5/c1-19-7-6-16-14(19)8-10(15)13-9-17-11-4-2-3-5-12(11)18-13/h2-7,9-10H,8,15H2,1H3. The van der Waals surface area contributed by atoms with Gasteiger partial charge in [-0.2, -0.15) is 0 Å². The molecular formula is C14H15N5. The van der Waals surface area contributed by atoms with Gasteiger partial charge in [0.05, 0.1) is 29.0 Å². The fraction of sp³-hybridized carbons (Fsp3) is 0.214. The lowest BCUT2D eigenvalue weighted by Gasteiger charge is -2.11. The maximum Gasteiger partial charge on any atom is 0.110 e. The first-order valence-corrected chi connectivity index (χ1v) is 6.17. The monoisotopic (exact) mass is 253 g/mol. The molecule has 0 spiro atoms. The molecular weight excluding hydrogens is 238 g/mol. The van der Waals surface area contributed by atoms with Gasteiger partial charge >= 0.3 is 0 Å². The van der Waals surface area contributed by atoms with Crippen molar-refractivity contribution in [2.45, 2.75) is 12.5 Å². The van der Waals surface area contributed by atoms with Crippen LogP contribution in [0.5, 0.6) is 0 Å². The van der Waals surface area contributed by atoms with Gasteiger partial charge in [0.1, 0.15) is 5.82 Å². The Bertz CT molecular complexity index is 704. The van der Waals surface area contributed by atoms with Crippen LogP contribution < -0.4 is 5.73 Å². The van der Waals surface area contributed by atoms with Gasteiger partial charge in [-0.25, -0.2) is 9.97 Å². The van der Waals surface area contributed by atoms with Crippen LogP contribution in [0.1, 0.15) is 17.6 Å². The molecule has 19 heavy (non-hydrogen) atoms. The average Bonchev–Trinajstić information content (AvgIpc) is 2.84. The number of para-hydroxylation sites is 2. The molecule has 1 aromatic carbocycles. The minimum atomic E-state index is -0.196. The molecule has 2 aromatic heterocycles. The van der Waals surface area contributed by atoms with Gasteiger partial charge in [0, 0.05) is 25.9 Å². The number of nitrogens with two attached hydrogens (primary N) is 1. The van der Waals surface area contributed by atoms with E-state index >= 15 is 0 Å². The lowest BCUT2D eigenvalue weighted by atomic mass is 10.1. The van der Waals surface area contributed by atoms with Crippen molar-refractivity contribution in [3.8, 4) is 0 Å². The quantitative estimate of drug-likeness (QED) is 0.769. The molecule has 1 atom stereocenters. The molecule has 0 fully saturated rings. The Balaban J connectivity index is 1.89. The minimum absolute atomic E-state index is 0.196. The third kappa shape index (κ3) is 2.32. The Hall–Kier alpha value is -2.27. The number of hydrogen-bond donors (Lipinski definition) is 1. The number of hydrogen-bond acceptors (Lipinski definition) is 4. The number of fused-ring (bicyclic) bond motifs is 1. The van der Waals surface area contributed by atoms with Gasteiger partial charge < -0.3 is 10.3 Å². The van der Waals surface area contributed by atoms with Crippen molar-refractivity contribution < 1.29 is 0 Å². The van der Waals surface area contributed by atoms with Crippen LogP contribution >= 0.6 is 0 Å². The summed E-state index contributed by atoms with van der Waals surface area (Å²) >= 11 is 0. The largest absolute Gasteiger partial charge is 0.338 e. The van der Waals surface area contributed by atoms with Crippen LogP contribution in [0.3, 0.4) is 0 Å². The van der Waals surface area contributed by atoms with Crippen LogP contribution in [0.2, 0.25) is 0 Å². The predicted octanol–water partition coefficient (Wildman–Crippen LogP) is 1.61. The molecule has 0 aliphatic rings. The normalized spacial score (nSPS) is 12.7. The minimum Gasteiger partial charge on any atom is -0.338 e. The highest BCUT2D eigenvalue weighted by atomic mass is 15.0. The molecule has 1 unspecified atom stereocenters. The lowest BCUT2D eigenvalue weighted by Crippen LogP contribution is -2.17. The first-order valence-electron chi connectivity index (χ1n) is 6.17. The van der Waals surface area contributed by atoms with E-state index in [1.54, 1.807) is 12.4 Å². The average molecular weight is 253 g/mol. The summed E-state index contributed by atoms with van der Waals surface area (Å²) in [4.78, 5) is 13.2. The Morgan fingerprint density at radius 1 is 1.21 bits per heavy atom. The zero-order chi connectivity index (χ0) is 13.2. The zero-order valence-electron chi connectivity index (χ0n) is 10.7. The van der Waals surface area contributed by atoms with Crippen LogP contribution in [0.25, 0.3) is 11.0 Å². The van der Waals surface area contributed by atoms with Crippen molar-refractivity contribution in [2.24, 2.45) is 12.8 Å². The Morgan fingerprint density at radius 2 is 2.00 bits per heavy atom. The van der Waals surface area contributed by atoms with Gasteiger partial charge in [-0.15, -0.1) is 0 Å². The molecule has 0 radical (unpaired) electrons. The van der Waals surface area contributed by atoms with Crippen molar-refractivity contribution in [1.82, 2.24) is 19.5 Å². The Morgan fingerprint density at radius 3 is 2.74 bits per heavy atom. The van der Waals surface area contributed by atoms with Crippen LogP contribution in [0.4, 0.5) is 0 Å². The summed E-state index contributed by atoms with van der Waals surface area (Å²) in [6.07, 6.45) is 6.08. The highest BCUT2D eigenvalue weighted by molar-refractivity contribution is 5.73. The molecule has 3 rings (SSSR count). The van der Waals surface area contributed by atoms with E-state index in [1.807, 2.05) is 42.1 Å². The number of benzene rings is 1. The third-order valence-corrected chi connectivity index (χ3v) is 3.17. The van der Waals surface area contributed by atoms with Gasteiger partial charge in [0.2, 0.25) is 0 Å². The van der Waals surface area contributed by atoms with E-state index < -0.39 is 0 Å². The zero-order valence-corrected chi connectivity index (χ0v) is 10.7. The van der Waals surface area contributed by atoms with Crippen molar-refractivity contribution >= 4 is 11.0 Å². The molecule has 0 bridgehead atoms. The third-order valence-electron chi connectivity index (χ3n) is 3.17. The predicted molar refractivity (Wildman–Crippen MR) is 73.4 cm³/mol. The second-order valence-electron chi connectivity index (χ2n) is 4.55. The Kier molecular flexibility index (Phi) is 2.97.